The Balaban J connectivity index is 2.08. The van der Waals surface area contributed by atoms with Gasteiger partial charge in [-0.3, -0.25) is 9.59 Å². The number of halogens is 4. The second-order valence-corrected chi connectivity index (χ2v) is 6.37. The minimum Gasteiger partial charge on any atom is -0.341 e. The first kappa shape index (κ1) is 20.8. The molecule has 0 heterocycles. The number of hydrogen-bond donors (Lipinski definition) is 2. The smallest absolute Gasteiger partial charge is 0.341 e. The molecule has 0 fully saturated rings. The van der Waals surface area contributed by atoms with E-state index in [1.807, 2.05) is 36.5 Å². The minimum atomic E-state index is -4.72. The van der Waals surface area contributed by atoms with Crippen LogP contribution < -0.4 is 10.6 Å². The number of hydrogen-bond acceptors (Lipinski definition) is 2. The van der Waals surface area contributed by atoms with Crippen LogP contribution in [-0.2, 0) is 22.2 Å². The third-order valence-electron chi connectivity index (χ3n) is 3.98. The normalized spacial score (nSPS) is 12.4. The minimum absolute atomic E-state index is 0.131. The van der Waals surface area contributed by atoms with Gasteiger partial charge in [-0.15, -0.1) is 0 Å². The topological polar surface area (TPSA) is 58.2 Å². The van der Waals surface area contributed by atoms with Gasteiger partial charge in [0.15, 0.2) is 0 Å². The van der Waals surface area contributed by atoms with Gasteiger partial charge in [0.25, 0.3) is 0 Å². The largest absolute Gasteiger partial charge is 0.418 e. The average Bonchev–Trinajstić information content (AvgIpc) is 2.62. The molecule has 0 bridgehead atoms. The fourth-order valence-electron chi connectivity index (χ4n) is 2.43. The molecular weight excluding hydrogens is 381 g/mol. The van der Waals surface area contributed by atoms with Crippen molar-refractivity contribution in [3.63, 3.8) is 0 Å². The molecule has 1 atom stereocenters. The molecule has 0 saturated carbocycles. The Kier molecular flexibility index (Phi) is 6.49. The summed E-state index contributed by atoms with van der Waals surface area (Å²) in [4.78, 5) is 24.1. The Bertz CT molecular complexity index is 836. The lowest BCUT2D eigenvalue weighted by atomic mass is 10.0. The molecule has 2 rings (SSSR count). The van der Waals surface area contributed by atoms with E-state index in [1.54, 1.807) is 6.92 Å². The molecule has 0 aromatic heterocycles. The molecule has 0 spiro atoms. The van der Waals surface area contributed by atoms with Crippen LogP contribution in [0.5, 0.6) is 0 Å². The van der Waals surface area contributed by atoms with Gasteiger partial charge in [0.2, 0.25) is 0 Å². The number of aryl methyl sites for hydroxylation is 1. The fourth-order valence-corrected chi connectivity index (χ4v) is 2.60. The standard InChI is InChI=1S/C19H18ClF3N2O2/c1-3-12-4-6-13(7-5-12)11(2)24-17(26)18(27)25-16-9-8-14(20)10-15(16)19(21,22)23/h4-11H,3H2,1-2H3,(H,24,26)(H,25,27). The van der Waals surface area contributed by atoms with Gasteiger partial charge in [0.1, 0.15) is 0 Å². The van der Waals surface area contributed by atoms with Gasteiger partial charge in [-0.1, -0.05) is 42.8 Å². The highest BCUT2D eigenvalue weighted by Gasteiger charge is 2.34. The molecule has 0 aliphatic rings. The predicted molar refractivity (Wildman–Crippen MR) is 97.5 cm³/mol. The summed E-state index contributed by atoms with van der Waals surface area (Å²) < 4.78 is 39.2. The molecule has 27 heavy (non-hydrogen) atoms. The number of benzene rings is 2. The van der Waals surface area contributed by atoms with Crippen LogP contribution in [0.3, 0.4) is 0 Å². The number of nitrogens with one attached hydrogen (secondary N) is 2. The van der Waals surface area contributed by atoms with E-state index < -0.39 is 35.3 Å². The Morgan fingerprint density at radius 1 is 1.07 bits per heavy atom. The highest BCUT2D eigenvalue weighted by atomic mass is 35.5. The molecule has 2 aromatic carbocycles. The van der Waals surface area contributed by atoms with Crippen molar-refractivity contribution in [2.75, 3.05) is 5.32 Å². The van der Waals surface area contributed by atoms with E-state index in [0.717, 1.165) is 23.6 Å². The lowest BCUT2D eigenvalue weighted by molar-refractivity contribution is -0.138. The number of carbonyl (C=O) groups excluding carboxylic acids is 2. The molecule has 0 saturated heterocycles. The molecule has 4 nitrogen and oxygen atoms in total. The molecule has 2 aromatic rings. The van der Waals surface area contributed by atoms with E-state index in [0.29, 0.717) is 6.07 Å². The summed E-state index contributed by atoms with van der Waals surface area (Å²) >= 11 is 5.59. The molecule has 2 amide bonds. The molecule has 0 aliphatic carbocycles. The molecule has 8 heteroatoms. The van der Waals surface area contributed by atoms with Crippen molar-refractivity contribution in [2.24, 2.45) is 0 Å². The summed E-state index contributed by atoms with van der Waals surface area (Å²) in [6, 6.07) is 9.86. The van der Waals surface area contributed by atoms with Gasteiger partial charge in [0.05, 0.1) is 17.3 Å². The van der Waals surface area contributed by atoms with Gasteiger partial charge < -0.3 is 10.6 Å². The van der Waals surface area contributed by atoms with Crippen molar-refractivity contribution in [3.8, 4) is 0 Å². The molecular formula is C19H18ClF3N2O2. The van der Waals surface area contributed by atoms with Crippen LogP contribution in [0.1, 0.15) is 36.6 Å². The zero-order valence-electron chi connectivity index (χ0n) is 14.7. The average molecular weight is 399 g/mol. The van der Waals surface area contributed by atoms with Crippen LogP contribution in [0.4, 0.5) is 18.9 Å². The summed E-state index contributed by atoms with van der Waals surface area (Å²) in [5, 5.41) is 4.32. The summed E-state index contributed by atoms with van der Waals surface area (Å²) in [5.41, 5.74) is 0.236. The van der Waals surface area contributed by atoms with Gasteiger partial charge >= 0.3 is 18.0 Å². The van der Waals surface area contributed by atoms with E-state index in [1.165, 1.54) is 6.07 Å². The van der Waals surface area contributed by atoms with Gasteiger partial charge in [-0.25, -0.2) is 0 Å². The van der Waals surface area contributed by atoms with E-state index in [9.17, 15) is 22.8 Å². The van der Waals surface area contributed by atoms with Crippen molar-refractivity contribution in [2.45, 2.75) is 32.5 Å². The maximum absolute atomic E-state index is 13.1. The summed E-state index contributed by atoms with van der Waals surface area (Å²) in [5.74, 6) is -2.23. The van der Waals surface area contributed by atoms with Crippen molar-refractivity contribution in [1.82, 2.24) is 5.32 Å². The lowest BCUT2D eigenvalue weighted by Gasteiger charge is -2.16. The molecule has 1 unspecified atom stereocenters. The fraction of sp³-hybridized carbons (Fsp3) is 0.263. The highest BCUT2D eigenvalue weighted by molar-refractivity contribution is 6.39. The van der Waals surface area contributed by atoms with Gasteiger partial charge in [-0.2, -0.15) is 13.2 Å². The molecule has 0 aliphatic heterocycles. The number of anilines is 1. The van der Waals surface area contributed by atoms with Crippen molar-refractivity contribution in [3.05, 3.63) is 64.2 Å². The summed E-state index contributed by atoms with van der Waals surface area (Å²) in [6.45, 7) is 3.69. The van der Waals surface area contributed by atoms with Gasteiger partial charge in [-0.05, 0) is 42.7 Å². The highest BCUT2D eigenvalue weighted by Crippen LogP contribution is 2.36. The zero-order valence-corrected chi connectivity index (χ0v) is 15.4. The maximum Gasteiger partial charge on any atom is 0.418 e. The third-order valence-corrected chi connectivity index (χ3v) is 4.21. The first-order valence-corrected chi connectivity index (χ1v) is 8.57. The third kappa shape index (κ3) is 5.47. The molecule has 144 valence electrons. The molecule has 0 radical (unpaired) electrons. The van der Waals surface area contributed by atoms with Crippen molar-refractivity contribution >= 4 is 29.1 Å². The SMILES string of the molecule is CCc1ccc(C(C)NC(=O)C(=O)Nc2ccc(Cl)cc2C(F)(F)F)cc1. The molecule has 2 N–H and O–H groups in total. The monoisotopic (exact) mass is 398 g/mol. The predicted octanol–water partition coefficient (Wildman–Crippen LogP) is 4.74. The van der Waals surface area contributed by atoms with Crippen LogP contribution in [-0.4, -0.2) is 11.8 Å². The van der Waals surface area contributed by atoms with E-state index in [4.69, 9.17) is 11.6 Å². The first-order chi connectivity index (χ1) is 12.6. The second kappa shape index (κ2) is 8.43. The van der Waals surface area contributed by atoms with E-state index in [-0.39, 0.29) is 5.02 Å². The van der Waals surface area contributed by atoms with E-state index in [2.05, 4.69) is 5.32 Å². The lowest BCUT2D eigenvalue weighted by Crippen LogP contribution is -2.37. The number of rotatable bonds is 4. The number of amides is 2. The van der Waals surface area contributed by atoms with Crippen LogP contribution in [0.2, 0.25) is 5.02 Å². The number of alkyl halides is 3. The summed E-state index contributed by atoms with van der Waals surface area (Å²) in [6.07, 6.45) is -3.86. The van der Waals surface area contributed by atoms with Crippen LogP contribution in [0.15, 0.2) is 42.5 Å². The second-order valence-electron chi connectivity index (χ2n) is 5.93. The van der Waals surface area contributed by atoms with Crippen LogP contribution >= 0.6 is 11.6 Å². The van der Waals surface area contributed by atoms with Crippen LogP contribution in [0, 0.1) is 0 Å². The Labute approximate surface area is 159 Å². The Morgan fingerprint density at radius 3 is 2.26 bits per heavy atom. The van der Waals surface area contributed by atoms with Crippen molar-refractivity contribution < 1.29 is 22.8 Å². The van der Waals surface area contributed by atoms with Crippen LogP contribution in [0.25, 0.3) is 0 Å². The number of carbonyl (C=O) groups is 2. The van der Waals surface area contributed by atoms with Crippen molar-refractivity contribution in [1.29, 1.82) is 0 Å². The van der Waals surface area contributed by atoms with Gasteiger partial charge in [0, 0.05) is 5.02 Å². The first-order valence-electron chi connectivity index (χ1n) is 8.19. The Morgan fingerprint density at radius 2 is 1.70 bits per heavy atom. The summed E-state index contributed by atoms with van der Waals surface area (Å²) in [7, 11) is 0. The quantitative estimate of drug-likeness (QED) is 0.731. The maximum atomic E-state index is 13.1. The van der Waals surface area contributed by atoms with E-state index >= 15 is 0 Å². The Hall–Kier alpha value is -2.54. The zero-order chi connectivity index (χ0) is 20.2.